The summed E-state index contributed by atoms with van der Waals surface area (Å²) in [6.45, 7) is 2.25. The van der Waals surface area contributed by atoms with E-state index < -0.39 is 0 Å². The highest BCUT2D eigenvalue weighted by molar-refractivity contribution is 5.76. The first kappa shape index (κ1) is 22.0. The molecule has 34 heavy (non-hydrogen) atoms. The van der Waals surface area contributed by atoms with Crippen molar-refractivity contribution in [3.63, 3.8) is 0 Å². The molecule has 6 rings (SSSR count). The fourth-order valence-corrected chi connectivity index (χ4v) is 4.99. The maximum atomic E-state index is 13.6. The summed E-state index contributed by atoms with van der Waals surface area (Å²) in [5.74, 6) is 0. The van der Waals surface area contributed by atoms with Gasteiger partial charge in [-0.05, 0) is 40.7 Å². The zero-order valence-electron chi connectivity index (χ0n) is 19.4. The maximum Gasteiger partial charge on any atom is 0.321 e. The van der Waals surface area contributed by atoms with Gasteiger partial charge in [0, 0.05) is 19.6 Å². The van der Waals surface area contributed by atoms with Crippen LogP contribution in [-0.4, -0.2) is 28.9 Å². The van der Waals surface area contributed by atoms with Crippen molar-refractivity contribution in [3.8, 4) is 0 Å². The number of rotatable bonds is 1. The van der Waals surface area contributed by atoms with E-state index in [1.807, 2.05) is 47.4 Å². The van der Waals surface area contributed by atoms with Crippen molar-refractivity contribution in [2.75, 3.05) is 13.1 Å². The molecule has 2 aliphatic heterocycles. The highest BCUT2D eigenvalue weighted by atomic mass is 16.2. The van der Waals surface area contributed by atoms with Gasteiger partial charge < -0.3 is 9.80 Å². The van der Waals surface area contributed by atoms with Crippen LogP contribution in [0.25, 0.3) is 0 Å². The molecule has 3 heteroatoms. The minimum atomic E-state index is -0.0178. The number of hydrogen-bond acceptors (Lipinski definition) is 1. The average molecular weight is 447 g/mol. The maximum absolute atomic E-state index is 13.6. The monoisotopic (exact) mass is 446 g/mol. The second kappa shape index (κ2) is 10.4. The number of benzene rings is 4. The number of carbonyl (C=O) groups excluding carboxylic acids is 1. The van der Waals surface area contributed by atoms with Crippen LogP contribution in [0.1, 0.15) is 33.9 Å². The van der Waals surface area contributed by atoms with Crippen molar-refractivity contribution >= 4 is 6.03 Å². The highest BCUT2D eigenvalue weighted by Gasteiger charge is 2.35. The molecule has 0 N–H and O–H groups in total. The van der Waals surface area contributed by atoms with Gasteiger partial charge >= 0.3 is 6.03 Å². The molecule has 0 spiro atoms. The van der Waals surface area contributed by atoms with Crippen LogP contribution in [0.2, 0.25) is 0 Å². The van der Waals surface area contributed by atoms with Gasteiger partial charge in [-0.15, -0.1) is 0 Å². The Balaban J connectivity index is 0.000000351. The summed E-state index contributed by atoms with van der Waals surface area (Å²) < 4.78 is 0. The molecule has 0 bridgehead atoms. The Kier molecular flexibility index (Phi) is 6.71. The first-order valence-corrected chi connectivity index (χ1v) is 12.1. The number of fused-ring (bicyclic) bond motifs is 2. The van der Waals surface area contributed by atoms with E-state index >= 15 is 0 Å². The normalized spacial score (nSPS) is 16.5. The number of nitrogens with zero attached hydrogens (tertiary/aromatic N) is 2. The van der Waals surface area contributed by atoms with E-state index in [2.05, 4.69) is 77.7 Å². The lowest BCUT2D eigenvalue weighted by molar-refractivity contribution is 0.132. The summed E-state index contributed by atoms with van der Waals surface area (Å²) in [6, 6.07) is 39.6. The summed E-state index contributed by atoms with van der Waals surface area (Å²) in [4.78, 5) is 17.7. The Morgan fingerprint density at radius 1 is 0.588 bits per heavy atom. The van der Waals surface area contributed by atoms with Gasteiger partial charge in [-0.25, -0.2) is 4.79 Å². The molecule has 2 amide bonds. The minimum Gasteiger partial charge on any atom is -0.320 e. The lowest BCUT2D eigenvalue weighted by Crippen LogP contribution is -2.49. The molecule has 0 aromatic heterocycles. The molecule has 0 saturated carbocycles. The minimum absolute atomic E-state index is 0.0178. The van der Waals surface area contributed by atoms with Crippen molar-refractivity contribution in [1.82, 2.24) is 9.80 Å². The predicted octanol–water partition coefficient (Wildman–Crippen LogP) is 6.50. The standard InChI is InChI=1S/C25H24N2O.C6H6/c28-25(26-16-14-19-8-4-5-12-22(19)18-26)27-17-15-20-9-6-7-13-23(20)24(27)21-10-2-1-3-11-21;1-2-4-6-5-3-1/h1-13,24H,14-18H2;1-6H/t24-;/m0./s1. The zero-order valence-corrected chi connectivity index (χ0v) is 19.4. The Hall–Kier alpha value is -3.85. The van der Waals surface area contributed by atoms with Gasteiger partial charge in [-0.1, -0.05) is 115 Å². The second-order valence-electron chi connectivity index (χ2n) is 8.83. The van der Waals surface area contributed by atoms with Gasteiger partial charge in [-0.3, -0.25) is 0 Å². The number of carbonyl (C=O) groups is 1. The molecule has 0 saturated heterocycles. The fraction of sp³-hybridized carbons (Fsp3) is 0.194. The molecular weight excluding hydrogens is 416 g/mol. The van der Waals surface area contributed by atoms with Crippen LogP contribution < -0.4 is 0 Å². The molecule has 4 aromatic rings. The van der Waals surface area contributed by atoms with Gasteiger partial charge in [0.1, 0.15) is 0 Å². The molecule has 0 aliphatic carbocycles. The molecule has 0 radical (unpaired) electrons. The van der Waals surface area contributed by atoms with Gasteiger partial charge in [0.2, 0.25) is 0 Å². The summed E-state index contributed by atoms with van der Waals surface area (Å²) in [5, 5.41) is 0. The Bertz CT molecular complexity index is 1200. The number of amides is 2. The van der Waals surface area contributed by atoms with Crippen molar-refractivity contribution in [1.29, 1.82) is 0 Å². The van der Waals surface area contributed by atoms with E-state index in [4.69, 9.17) is 0 Å². The van der Waals surface area contributed by atoms with E-state index in [0.29, 0.717) is 6.54 Å². The van der Waals surface area contributed by atoms with E-state index in [1.165, 1.54) is 27.8 Å². The fourth-order valence-electron chi connectivity index (χ4n) is 4.99. The summed E-state index contributed by atoms with van der Waals surface area (Å²) in [5.41, 5.74) is 6.43. The highest BCUT2D eigenvalue weighted by Crippen LogP contribution is 2.36. The SMILES string of the molecule is O=C(N1CCc2ccccc2C1)N1CCc2ccccc2[C@@H]1c1ccccc1.c1ccccc1. The quantitative estimate of drug-likeness (QED) is 0.327. The summed E-state index contributed by atoms with van der Waals surface area (Å²) in [6.07, 6.45) is 1.85. The Labute approximate surface area is 202 Å². The Morgan fingerprint density at radius 2 is 1.12 bits per heavy atom. The van der Waals surface area contributed by atoms with E-state index in [9.17, 15) is 4.79 Å². The van der Waals surface area contributed by atoms with Crippen LogP contribution in [0.3, 0.4) is 0 Å². The van der Waals surface area contributed by atoms with Crippen LogP contribution in [0, 0.1) is 0 Å². The topological polar surface area (TPSA) is 23.6 Å². The van der Waals surface area contributed by atoms with E-state index in [1.54, 1.807) is 0 Å². The van der Waals surface area contributed by atoms with Crippen LogP contribution in [0.5, 0.6) is 0 Å². The van der Waals surface area contributed by atoms with Crippen molar-refractivity contribution < 1.29 is 4.79 Å². The molecular formula is C31H30N2O. The van der Waals surface area contributed by atoms with E-state index in [-0.39, 0.29) is 12.1 Å². The predicted molar refractivity (Wildman–Crippen MR) is 138 cm³/mol. The molecule has 170 valence electrons. The van der Waals surface area contributed by atoms with Crippen molar-refractivity contribution in [2.45, 2.75) is 25.4 Å². The zero-order chi connectivity index (χ0) is 23.2. The summed E-state index contributed by atoms with van der Waals surface area (Å²) >= 11 is 0. The van der Waals surface area contributed by atoms with Gasteiger partial charge in [-0.2, -0.15) is 0 Å². The largest absolute Gasteiger partial charge is 0.321 e. The third kappa shape index (κ3) is 4.74. The lowest BCUT2D eigenvalue weighted by atomic mass is 9.88. The lowest BCUT2D eigenvalue weighted by Gasteiger charge is -2.41. The molecule has 4 aromatic carbocycles. The van der Waals surface area contributed by atoms with E-state index in [0.717, 1.165) is 25.9 Å². The molecule has 2 aliphatic rings. The van der Waals surface area contributed by atoms with Crippen LogP contribution in [-0.2, 0) is 19.4 Å². The molecule has 0 unspecified atom stereocenters. The number of hydrogen-bond donors (Lipinski definition) is 0. The summed E-state index contributed by atoms with van der Waals surface area (Å²) in [7, 11) is 0. The average Bonchev–Trinajstić information content (AvgIpc) is 2.93. The Morgan fingerprint density at radius 3 is 1.82 bits per heavy atom. The number of urea groups is 1. The molecule has 2 heterocycles. The van der Waals surface area contributed by atoms with Crippen molar-refractivity contribution in [3.05, 3.63) is 143 Å². The molecule has 3 nitrogen and oxygen atoms in total. The van der Waals surface area contributed by atoms with Crippen LogP contribution in [0.4, 0.5) is 4.79 Å². The third-order valence-electron chi connectivity index (χ3n) is 6.71. The second-order valence-corrected chi connectivity index (χ2v) is 8.83. The molecule has 0 fully saturated rings. The van der Waals surface area contributed by atoms with Gasteiger partial charge in [0.15, 0.2) is 0 Å². The first-order valence-electron chi connectivity index (χ1n) is 12.1. The van der Waals surface area contributed by atoms with Crippen molar-refractivity contribution in [2.24, 2.45) is 0 Å². The first-order chi connectivity index (χ1) is 16.8. The smallest absolute Gasteiger partial charge is 0.320 e. The van der Waals surface area contributed by atoms with Crippen LogP contribution >= 0.6 is 0 Å². The molecule has 1 atom stereocenters. The van der Waals surface area contributed by atoms with Gasteiger partial charge in [0.05, 0.1) is 6.04 Å². The third-order valence-corrected chi connectivity index (χ3v) is 6.71. The van der Waals surface area contributed by atoms with Gasteiger partial charge in [0.25, 0.3) is 0 Å². The van der Waals surface area contributed by atoms with Crippen LogP contribution in [0.15, 0.2) is 115 Å².